The molecular weight excluding hydrogens is 296 g/mol. The summed E-state index contributed by atoms with van der Waals surface area (Å²) in [6.07, 6.45) is 2.31. The highest BCUT2D eigenvalue weighted by Gasteiger charge is 2.21. The average Bonchev–Trinajstić information content (AvgIpc) is 3.06. The summed E-state index contributed by atoms with van der Waals surface area (Å²) < 4.78 is 5.67. The van der Waals surface area contributed by atoms with Crippen molar-refractivity contribution < 1.29 is 9.53 Å². The average molecular weight is 316 g/mol. The Morgan fingerprint density at radius 3 is 2.91 bits per heavy atom. The first-order valence-corrected chi connectivity index (χ1v) is 8.56. The van der Waals surface area contributed by atoms with Crippen molar-refractivity contribution >= 4 is 17.2 Å². The molecule has 1 aliphatic rings. The molecular formula is C17H20N2O2S. The lowest BCUT2D eigenvalue weighted by Gasteiger charge is -2.31. The second kappa shape index (κ2) is 6.92. The summed E-state index contributed by atoms with van der Waals surface area (Å²) in [6, 6.07) is 7.40. The molecule has 0 bridgehead atoms. The van der Waals surface area contributed by atoms with Gasteiger partial charge in [-0.15, -0.1) is 11.3 Å². The third-order valence-corrected chi connectivity index (χ3v) is 4.55. The van der Waals surface area contributed by atoms with Crippen molar-refractivity contribution in [1.82, 2.24) is 9.88 Å². The number of hydrogen-bond donors (Lipinski definition) is 0. The molecule has 1 aliphatic heterocycles. The summed E-state index contributed by atoms with van der Waals surface area (Å²) >= 11 is 1.56. The molecule has 22 heavy (non-hydrogen) atoms. The third kappa shape index (κ3) is 3.65. The van der Waals surface area contributed by atoms with Crippen LogP contribution in [-0.2, 0) is 6.61 Å². The summed E-state index contributed by atoms with van der Waals surface area (Å²) in [5.74, 6) is 1.48. The number of benzene rings is 1. The summed E-state index contributed by atoms with van der Waals surface area (Å²) in [5, 5.41) is 1.97. The smallest absolute Gasteiger partial charge is 0.253 e. The van der Waals surface area contributed by atoms with E-state index in [1.165, 1.54) is 6.42 Å². The molecule has 2 heterocycles. The molecule has 0 N–H and O–H groups in total. The SMILES string of the molecule is CC1CCCN(C(=O)c2ccc(OCc3cscn3)cc2)C1. The zero-order valence-corrected chi connectivity index (χ0v) is 13.5. The Hall–Kier alpha value is -1.88. The molecule has 1 unspecified atom stereocenters. The van der Waals surface area contributed by atoms with E-state index in [1.807, 2.05) is 34.5 Å². The summed E-state index contributed by atoms with van der Waals surface area (Å²) in [7, 11) is 0. The number of hydrogen-bond acceptors (Lipinski definition) is 4. The number of carbonyl (C=O) groups is 1. The van der Waals surface area contributed by atoms with Crippen LogP contribution in [0.5, 0.6) is 5.75 Å². The lowest BCUT2D eigenvalue weighted by Crippen LogP contribution is -2.39. The van der Waals surface area contributed by atoms with Gasteiger partial charge in [0.1, 0.15) is 12.4 Å². The molecule has 0 saturated carbocycles. The van der Waals surface area contributed by atoms with Crippen LogP contribution in [0.4, 0.5) is 0 Å². The molecule has 0 aliphatic carbocycles. The van der Waals surface area contributed by atoms with Crippen LogP contribution in [0.15, 0.2) is 35.2 Å². The molecule has 5 heteroatoms. The number of carbonyl (C=O) groups excluding carboxylic acids is 1. The van der Waals surface area contributed by atoms with Crippen molar-refractivity contribution in [2.45, 2.75) is 26.4 Å². The maximum absolute atomic E-state index is 12.5. The fraction of sp³-hybridized carbons (Fsp3) is 0.412. The van der Waals surface area contributed by atoms with Gasteiger partial charge in [0.2, 0.25) is 0 Å². The molecule has 0 radical (unpaired) electrons. The van der Waals surface area contributed by atoms with Crippen LogP contribution in [0.3, 0.4) is 0 Å². The van der Waals surface area contributed by atoms with Crippen LogP contribution < -0.4 is 4.74 Å². The number of ether oxygens (including phenoxy) is 1. The molecule has 1 saturated heterocycles. The first-order valence-electron chi connectivity index (χ1n) is 7.61. The van der Waals surface area contributed by atoms with Crippen LogP contribution in [-0.4, -0.2) is 28.9 Å². The summed E-state index contributed by atoms with van der Waals surface area (Å²) in [5.41, 5.74) is 3.45. The highest BCUT2D eigenvalue weighted by molar-refractivity contribution is 7.07. The van der Waals surface area contributed by atoms with Crippen molar-refractivity contribution in [2.24, 2.45) is 5.92 Å². The van der Waals surface area contributed by atoms with Crippen LogP contribution in [0.1, 0.15) is 35.8 Å². The fourth-order valence-corrected chi connectivity index (χ4v) is 3.26. The molecule has 0 spiro atoms. The van der Waals surface area contributed by atoms with E-state index < -0.39 is 0 Å². The second-order valence-electron chi connectivity index (χ2n) is 5.79. The Labute approximate surface area is 134 Å². The number of amides is 1. The lowest BCUT2D eigenvalue weighted by molar-refractivity contribution is 0.0683. The fourth-order valence-electron chi connectivity index (χ4n) is 2.72. The number of thiazole rings is 1. The predicted octanol–water partition coefficient (Wildman–Crippen LogP) is 3.59. The first kappa shape index (κ1) is 15.0. The van der Waals surface area contributed by atoms with Crippen molar-refractivity contribution in [3.8, 4) is 5.75 Å². The molecule has 1 aromatic carbocycles. The van der Waals surface area contributed by atoms with Gasteiger partial charge < -0.3 is 9.64 Å². The molecule has 1 aromatic heterocycles. The van der Waals surface area contributed by atoms with Crippen LogP contribution >= 0.6 is 11.3 Å². The molecule has 3 rings (SSSR count). The normalized spacial score (nSPS) is 18.2. The summed E-state index contributed by atoms with van der Waals surface area (Å²) in [6.45, 7) is 4.39. The van der Waals surface area contributed by atoms with Crippen LogP contribution in [0.2, 0.25) is 0 Å². The van der Waals surface area contributed by atoms with Crippen molar-refractivity contribution in [3.05, 3.63) is 46.4 Å². The maximum Gasteiger partial charge on any atom is 0.253 e. The van der Waals surface area contributed by atoms with Gasteiger partial charge in [-0.25, -0.2) is 4.98 Å². The van der Waals surface area contributed by atoms with Gasteiger partial charge in [0.25, 0.3) is 5.91 Å². The van der Waals surface area contributed by atoms with Gasteiger partial charge in [-0.2, -0.15) is 0 Å². The number of rotatable bonds is 4. The van der Waals surface area contributed by atoms with Gasteiger partial charge in [0.15, 0.2) is 0 Å². The minimum absolute atomic E-state index is 0.123. The Bertz CT molecular complexity index is 610. The summed E-state index contributed by atoms with van der Waals surface area (Å²) in [4.78, 5) is 18.6. The van der Waals surface area contributed by atoms with Gasteiger partial charge >= 0.3 is 0 Å². The lowest BCUT2D eigenvalue weighted by atomic mass is 9.99. The van der Waals surface area contributed by atoms with Crippen molar-refractivity contribution in [3.63, 3.8) is 0 Å². The Morgan fingerprint density at radius 1 is 1.41 bits per heavy atom. The van der Waals surface area contributed by atoms with E-state index in [9.17, 15) is 4.79 Å². The van der Waals surface area contributed by atoms with Crippen molar-refractivity contribution in [1.29, 1.82) is 0 Å². The molecule has 116 valence electrons. The van der Waals surface area contributed by atoms with E-state index in [1.54, 1.807) is 16.8 Å². The highest BCUT2D eigenvalue weighted by atomic mass is 32.1. The maximum atomic E-state index is 12.5. The van der Waals surface area contributed by atoms with E-state index in [-0.39, 0.29) is 5.91 Å². The zero-order chi connectivity index (χ0) is 15.4. The van der Waals surface area contributed by atoms with Gasteiger partial charge in [-0.1, -0.05) is 6.92 Å². The van der Waals surface area contributed by atoms with Crippen molar-refractivity contribution in [2.75, 3.05) is 13.1 Å². The van der Waals surface area contributed by atoms with E-state index in [4.69, 9.17) is 4.74 Å². The van der Waals surface area contributed by atoms with E-state index in [0.29, 0.717) is 12.5 Å². The largest absolute Gasteiger partial charge is 0.487 e. The topological polar surface area (TPSA) is 42.4 Å². The number of likely N-dealkylation sites (tertiary alicyclic amines) is 1. The van der Waals surface area contributed by atoms with Crippen LogP contribution in [0.25, 0.3) is 0 Å². The standard InChI is InChI=1S/C17H20N2O2S/c1-13-3-2-8-19(9-13)17(20)14-4-6-16(7-5-14)21-10-15-11-22-12-18-15/h4-7,11-13H,2-3,8-10H2,1H3. The predicted molar refractivity (Wildman–Crippen MR) is 87.2 cm³/mol. The quantitative estimate of drug-likeness (QED) is 0.865. The Morgan fingerprint density at radius 2 is 2.23 bits per heavy atom. The van der Waals surface area contributed by atoms with Gasteiger partial charge in [0.05, 0.1) is 11.2 Å². The third-order valence-electron chi connectivity index (χ3n) is 3.92. The van der Waals surface area contributed by atoms with Gasteiger partial charge in [-0.3, -0.25) is 4.79 Å². The Balaban J connectivity index is 1.59. The number of aromatic nitrogens is 1. The monoisotopic (exact) mass is 316 g/mol. The molecule has 4 nitrogen and oxygen atoms in total. The minimum atomic E-state index is 0.123. The molecule has 1 fully saturated rings. The molecule has 1 atom stereocenters. The number of piperidine rings is 1. The minimum Gasteiger partial charge on any atom is -0.487 e. The first-order chi connectivity index (χ1) is 10.7. The van der Waals surface area contributed by atoms with Gasteiger partial charge in [-0.05, 0) is 43.0 Å². The Kier molecular flexibility index (Phi) is 4.73. The zero-order valence-electron chi connectivity index (χ0n) is 12.7. The van der Waals surface area contributed by atoms with E-state index in [2.05, 4.69) is 11.9 Å². The van der Waals surface area contributed by atoms with E-state index in [0.717, 1.165) is 36.5 Å². The molecule has 2 aromatic rings. The number of nitrogens with zero attached hydrogens (tertiary/aromatic N) is 2. The van der Waals surface area contributed by atoms with Gasteiger partial charge in [0, 0.05) is 24.0 Å². The van der Waals surface area contributed by atoms with Crippen LogP contribution in [0, 0.1) is 5.92 Å². The molecule has 1 amide bonds. The second-order valence-corrected chi connectivity index (χ2v) is 6.51. The van der Waals surface area contributed by atoms with E-state index >= 15 is 0 Å². The highest BCUT2D eigenvalue weighted by Crippen LogP contribution is 2.20.